The molecule has 9 heteroatoms. The Morgan fingerprint density at radius 2 is 1.84 bits per heavy atom. The third kappa shape index (κ3) is 7.71. The molecule has 19 heavy (non-hydrogen) atoms. The van der Waals surface area contributed by atoms with E-state index in [9.17, 15) is 19.2 Å². The standard InChI is InChI=1S/C10H18N4O5/c1-5(13-14-6(2)15)10(19)12-7(9(11)18)3-4-8(16)17/h5,7,13H,3-4H2,1-2H3,(H2,11,18)(H,12,19)(H,14,15)(H,16,17). The van der Waals surface area contributed by atoms with Crippen LogP contribution in [0.5, 0.6) is 0 Å². The molecule has 3 amide bonds. The van der Waals surface area contributed by atoms with Crippen molar-refractivity contribution in [2.45, 2.75) is 38.8 Å². The predicted molar refractivity (Wildman–Crippen MR) is 64.4 cm³/mol. The van der Waals surface area contributed by atoms with Gasteiger partial charge >= 0.3 is 5.97 Å². The quantitative estimate of drug-likeness (QED) is 0.318. The van der Waals surface area contributed by atoms with Gasteiger partial charge in [0.25, 0.3) is 0 Å². The molecule has 108 valence electrons. The lowest BCUT2D eigenvalue weighted by atomic mass is 10.1. The van der Waals surface area contributed by atoms with Crippen LogP contribution < -0.4 is 21.9 Å². The van der Waals surface area contributed by atoms with Gasteiger partial charge in [-0.1, -0.05) is 0 Å². The van der Waals surface area contributed by atoms with Gasteiger partial charge in [0.1, 0.15) is 12.1 Å². The maximum atomic E-state index is 11.6. The molecule has 0 aromatic carbocycles. The largest absolute Gasteiger partial charge is 0.481 e. The number of carbonyl (C=O) groups excluding carboxylic acids is 3. The van der Waals surface area contributed by atoms with Crippen LogP contribution in [0.2, 0.25) is 0 Å². The number of nitrogens with two attached hydrogens (primary N) is 1. The first-order valence-corrected chi connectivity index (χ1v) is 5.57. The maximum Gasteiger partial charge on any atom is 0.303 e. The number of rotatable bonds is 8. The minimum absolute atomic E-state index is 0.0940. The number of aliphatic carboxylic acids is 1. The summed E-state index contributed by atoms with van der Waals surface area (Å²) in [6.07, 6.45) is -0.384. The number of hydrazine groups is 1. The second-order valence-corrected chi connectivity index (χ2v) is 3.94. The van der Waals surface area contributed by atoms with Crippen LogP contribution in [-0.4, -0.2) is 40.9 Å². The minimum Gasteiger partial charge on any atom is -0.481 e. The summed E-state index contributed by atoms with van der Waals surface area (Å²) >= 11 is 0. The molecule has 0 aromatic heterocycles. The fraction of sp³-hybridized carbons (Fsp3) is 0.600. The smallest absolute Gasteiger partial charge is 0.303 e. The lowest BCUT2D eigenvalue weighted by Crippen LogP contribution is -2.54. The minimum atomic E-state index is -1.09. The Kier molecular flexibility index (Phi) is 7.12. The van der Waals surface area contributed by atoms with Gasteiger partial charge < -0.3 is 16.2 Å². The second-order valence-electron chi connectivity index (χ2n) is 3.94. The van der Waals surface area contributed by atoms with Gasteiger partial charge in [-0.3, -0.25) is 24.6 Å². The monoisotopic (exact) mass is 274 g/mol. The lowest BCUT2D eigenvalue weighted by Gasteiger charge is -2.18. The Labute approximate surface area is 109 Å². The van der Waals surface area contributed by atoms with E-state index in [0.29, 0.717) is 0 Å². The van der Waals surface area contributed by atoms with Crippen LogP contribution in [0.25, 0.3) is 0 Å². The highest BCUT2D eigenvalue weighted by atomic mass is 16.4. The van der Waals surface area contributed by atoms with Crippen LogP contribution in [0, 0.1) is 0 Å². The molecule has 0 aliphatic heterocycles. The van der Waals surface area contributed by atoms with Crippen molar-refractivity contribution < 1.29 is 24.3 Å². The third-order valence-corrected chi connectivity index (χ3v) is 2.16. The molecule has 9 nitrogen and oxygen atoms in total. The molecule has 0 saturated heterocycles. The zero-order chi connectivity index (χ0) is 15.0. The van der Waals surface area contributed by atoms with E-state index in [2.05, 4.69) is 16.2 Å². The van der Waals surface area contributed by atoms with E-state index in [0.717, 1.165) is 0 Å². The van der Waals surface area contributed by atoms with Crippen LogP contribution >= 0.6 is 0 Å². The molecular formula is C10H18N4O5. The summed E-state index contributed by atoms with van der Waals surface area (Å²) < 4.78 is 0. The predicted octanol–water partition coefficient (Wildman–Crippen LogP) is -2.15. The molecule has 6 N–H and O–H groups in total. The fourth-order valence-corrected chi connectivity index (χ4v) is 1.13. The zero-order valence-electron chi connectivity index (χ0n) is 10.7. The number of primary amides is 1. The Bertz CT molecular complexity index is 371. The number of nitrogens with one attached hydrogen (secondary N) is 3. The second kappa shape index (κ2) is 8.03. The molecule has 0 spiro atoms. The van der Waals surface area contributed by atoms with Crippen molar-refractivity contribution >= 4 is 23.7 Å². The number of carboxylic acids is 1. The van der Waals surface area contributed by atoms with Crippen molar-refractivity contribution in [2.75, 3.05) is 0 Å². The summed E-state index contributed by atoms with van der Waals surface area (Å²) in [5.74, 6) is -2.87. The van der Waals surface area contributed by atoms with Crippen molar-refractivity contribution in [1.82, 2.24) is 16.2 Å². The Hall–Kier alpha value is -2.16. The van der Waals surface area contributed by atoms with Gasteiger partial charge in [-0.2, -0.15) is 0 Å². The van der Waals surface area contributed by atoms with E-state index in [-0.39, 0.29) is 18.7 Å². The van der Waals surface area contributed by atoms with E-state index in [1.165, 1.54) is 13.8 Å². The van der Waals surface area contributed by atoms with E-state index in [1.54, 1.807) is 0 Å². The van der Waals surface area contributed by atoms with Crippen LogP contribution in [0.3, 0.4) is 0 Å². The summed E-state index contributed by atoms with van der Waals surface area (Å²) in [6.45, 7) is 2.72. The maximum absolute atomic E-state index is 11.6. The molecule has 0 aromatic rings. The average molecular weight is 274 g/mol. The molecule has 0 aliphatic rings. The highest BCUT2D eigenvalue weighted by Gasteiger charge is 2.22. The summed E-state index contributed by atoms with van der Waals surface area (Å²) in [5.41, 5.74) is 9.69. The molecule has 2 atom stereocenters. The first kappa shape index (κ1) is 16.8. The SMILES string of the molecule is CC(=O)NNC(C)C(=O)NC(CCC(=O)O)C(N)=O. The number of carboxylic acid groups (broad SMARTS) is 1. The first-order valence-electron chi connectivity index (χ1n) is 5.57. The van der Waals surface area contributed by atoms with E-state index in [4.69, 9.17) is 10.8 Å². The highest BCUT2D eigenvalue weighted by Crippen LogP contribution is 1.98. The van der Waals surface area contributed by atoms with Crippen molar-refractivity contribution in [3.63, 3.8) is 0 Å². The van der Waals surface area contributed by atoms with Crippen molar-refractivity contribution in [1.29, 1.82) is 0 Å². The van der Waals surface area contributed by atoms with Crippen LogP contribution in [0.15, 0.2) is 0 Å². The molecule has 0 rings (SSSR count). The van der Waals surface area contributed by atoms with Crippen molar-refractivity contribution in [2.24, 2.45) is 5.73 Å². The Morgan fingerprint density at radius 1 is 1.26 bits per heavy atom. The van der Waals surface area contributed by atoms with E-state index < -0.39 is 29.9 Å². The van der Waals surface area contributed by atoms with Gasteiger partial charge in [0.15, 0.2) is 0 Å². The summed E-state index contributed by atoms with van der Waals surface area (Å²) in [5, 5.41) is 10.8. The molecular weight excluding hydrogens is 256 g/mol. The average Bonchev–Trinajstić information content (AvgIpc) is 2.30. The van der Waals surface area contributed by atoms with Gasteiger partial charge in [-0.25, -0.2) is 5.43 Å². The lowest BCUT2D eigenvalue weighted by molar-refractivity contribution is -0.138. The molecule has 0 saturated carbocycles. The van der Waals surface area contributed by atoms with E-state index >= 15 is 0 Å². The van der Waals surface area contributed by atoms with Gasteiger partial charge in [0.2, 0.25) is 17.7 Å². The number of hydrogen-bond acceptors (Lipinski definition) is 5. The van der Waals surface area contributed by atoms with Crippen molar-refractivity contribution in [3.05, 3.63) is 0 Å². The van der Waals surface area contributed by atoms with Gasteiger partial charge in [0.05, 0.1) is 0 Å². The number of amides is 3. The topological polar surface area (TPSA) is 151 Å². The first-order chi connectivity index (χ1) is 8.73. The Balaban J connectivity index is 4.33. The molecule has 2 unspecified atom stereocenters. The third-order valence-electron chi connectivity index (χ3n) is 2.16. The molecule has 0 heterocycles. The van der Waals surface area contributed by atoms with Crippen LogP contribution in [0.4, 0.5) is 0 Å². The van der Waals surface area contributed by atoms with Gasteiger partial charge in [-0.05, 0) is 13.3 Å². The van der Waals surface area contributed by atoms with E-state index in [1.807, 2.05) is 0 Å². The summed E-state index contributed by atoms with van der Waals surface area (Å²) in [4.78, 5) is 43.7. The molecule has 0 radical (unpaired) electrons. The number of hydrogen-bond donors (Lipinski definition) is 5. The summed E-state index contributed by atoms with van der Waals surface area (Å²) in [6, 6.07) is -1.86. The normalized spacial score (nSPS) is 13.2. The molecule has 0 bridgehead atoms. The van der Waals surface area contributed by atoms with Crippen molar-refractivity contribution in [3.8, 4) is 0 Å². The zero-order valence-corrected chi connectivity index (χ0v) is 10.7. The van der Waals surface area contributed by atoms with Gasteiger partial charge in [0, 0.05) is 13.3 Å². The molecule has 0 fully saturated rings. The Morgan fingerprint density at radius 3 is 2.26 bits per heavy atom. The number of carbonyl (C=O) groups is 4. The van der Waals surface area contributed by atoms with Crippen LogP contribution in [0.1, 0.15) is 26.7 Å². The van der Waals surface area contributed by atoms with Crippen LogP contribution in [-0.2, 0) is 19.2 Å². The highest BCUT2D eigenvalue weighted by molar-refractivity contribution is 5.89. The van der Waals surface area contributed by atoms with Gasteiger partial charge in [-0.15, -0.1) is 0 Å². The summed E-state index contributed by atoms with van der Waals surface area (Å²) in [7, 11) is 0. The fourth-order valence-electron chi connectivity index (χ4n) is 1.13. The molecule has 0 aliphatic carbocycles.